The van der Waals surface area contributed by atoms with E-state index in [4.69, 9.17) is 4.74 Å². The lowest BCUT2D eigenvalue weighted by Crippen LogP contribution is -2.20. The van der Waals surface area contributed by atoms with Gasteiger partial charge in [-0.1, -0.05) is 13.8 Å². The fraction of sp³-hybridized carbons (Fsp3) is 0.500. The molecule has 3 heteroatoms. The van der Waals surface area contributed by atoms with Gasteiger partial charge in [0.2, 0.25) is 0 Å². The average Bonchev–Trinajstić information content (AvgIpc) is 2.63. The predicted octanol–water partition coefficient (Wildman–Crippen LogP) is 3.37. The van der Waals surface area contributed by atoms with Gasteiger partial charge in [0.25, 0.3) is 5.92 Å². The van der Waals surface area contributed by atoms with Crippen molar-refractivity contribution in [1.29, 1.82) is 0 Å². The lowest BCUT2D eigenvalue weighted by Gasteiger charge is -2.21. The number of ether oxygens (including phenoxy) is 1. The highest BCUT2D eigenvalue weighted by molar-refractivity contribution is 5.41. The van der Waals surface area contributed by atoms with E-state index < -0.39 is 11.8 Å². The number of halogens is 2. The van der Waals surface area contributed by atoms with Gasteiger partial charge in [-0.3, -0.25) is 0 Å². The van der Waals surface area contributed by atoms with Crippen LogP contribution in [0.4, 0.5) is 8.78 Å². The van der Waals surface area contributed by atoms with E-state index in [0.717, 1.165) is 17.7 Å². The van der Waals surface area contributed by atoms with Crippen LogP contribution >= 0.6 is 0 Å². The molecule has 82 valence electrons. The number of benzene rings is 1. The lowest BCUT2D eigenvalue weighted by atomic mass is 9.96. The molecule has 0 unspecified atom stereocenters. The Balaban J connectivity index is 2.38. The minimum Gasteiger partial charge on any atom is -0.493 e. The fourth-order valence-electron chi connectivity index (χ4n) is 1.73. The van der Waals surface area contributed by atoms with Crippen LogP contribution in [0.2, 0.25) is 0 Å². The summed E-state index contributed by atoms with van der Waals surface area (Å²) < 4.78 is 32.7. The molecule has 0 aliphatic carbocycles. The van der Waals surface area contributed by atoms with Gasteiger partial charge in [-0.25, -0.2) is 8.78 Å². The summed E-state index contributed by atoms with van der Waals surface area (Å²) in [6.07, 6.45) is 0.733. The van der Waals surface area contributed by atoms with Crippen molar-refractivity contribution in [2.45, 2.75) is 26.2 Å². The van der Waals surface area contributed by atoms with Crippen molar-refractivity contribution < 1.29 is 13.5 Å². The van der Waals surface area contributed by atoms with Crippen LogP contribution in [-0.2, 0) is 12.3 Å². The Morgan fingerprint density at radius 3 is 2.73 bits per heavy atom. The van der Waals surface area contributed by atoms with E-state index in [1.807, 2.05) is 0 Å². The summed E-state index contributed by atoms with van der Waals surface area (Å²) in [5, 5.41) is 0. The third-order valence-electron chi connectivity index (χ3n) is 2.80. The van der Waals surface area contributed by atoms with Gasteiger partial charge < -0.3 is 4.74 Å². The molecule has 0 saturated heterocycles. The van der Waals surface area contributed by atoms with Crippen molar-refractivity contribution in [3.05, 3.63) is 29.3 Å². The first-order valence-electron chi connectivity index (χ1n) is 5.16. The smallest absolute Gasteiger partial charge is 0.275 e. The van der Waals surface area contributed by atoms with Crippen molar-refractivity contribution in [2.75, 3.05) is 6.61 Å². The fourth-order valence-corrected chi connectivity index (χ4v) is 1.73. The minimum atomic E-state index is -2.75. The van der Waals surface area contributed by atoms with Crippen LogP contribution in [0.15, 0.2) is 18.2 Å². The number of hydrogen-bond acceptors (Lipinski definition) is 1. The van der Waals surface area contributed by atoms with E-state index >= 15 is 0 Å². The Bertz CT molecular complexity index is 372. The predicted molar refractivity (Wildman–Crippen MR) is 54.4 cm³/mol. The Hall–Kier alpha value is -1.12. The zero-order valence-electron chi connectivity index (χ0n) is 8.89. The highest BCUT2D eigenvalue weighted by atomic mass is 19.3. The van der Waals surface area contributed by atoms with E-state index in [1.165, 1.54) is 19.9 Å². The quantitative estimate of drug-likeness (QED) is 0.730. The van der Waals surface area contributed by atoms with Gasteiger partial charge in [0.05, 0.1) is 6.61 Å². The molecule has 0 amide bonds. The van der Waals surface area contributed by atoms with Crippen LogP contribution in [0.5, 0.6) is 5.75 Å². The monoisotopic (exact) mass is 212 g/mol. The minimum absolute atomic E-state index is 0.0988. The van der Waals surface area contributed by atoms with Gasteiger partial charge in [-0.15, -0.1) is 0 Å². The van der Waals surface area contributed by atoms with Gasteiger partial charge >= 0.3 is 0 Å². The molecule has 0 aromatic heterocycles. The molecule has 1 aliphatic rings. The van der Waals surface area contributed by atoms with E-state index in [1.54, 1.807) is 12.1 Å². The molecule has 0 N–H and O–H groups in total. The summed E-state index contributed by atoms with van der Waals surface area (Å²) in [6.45, 7) is 3.67. The molecule has 15 heavy (non-hydrogen) atoms. The summed E-state index contributed by atoms with van der Waals surface area (Å²) >= 11 is 0. The van der Waals surface area contributed by atoms with Crippen LogP contribution in [0.1, 0.15) is 25.0 Å². The Kier molecular flexibility index (Phi) is 2.41. The van der Waals surface area contributed by atoms with Gasteiger partial charge in [-0.05, 0) is 23.8 Å². The molecule has 0 fully saturated rings. The van der Waals surface area contributed by atoms with Crippen molar-refractivity contribution in [3.63, 3.8) is 0 Å². The first-order chi connectivity index (χ1) is 7.01. The van der Waals surface area contributed by atoms with E-state index in [9.17, 15) is 8.78 Å². The van der Waals surface area contributed by atoms with Gasteiger partial charge in [0, 0.05) is 17.9 Å². The highest BCUT2D eigenvalue weighted by Gasteiger charge is 2.36. The van der Waals surface area contributed by atoms with E-state index in [0.29, 0.717) is 6.61 Å². The maximum Gasteiger partial charge on any atom is 0.275 e. The third kappa shape index (κ3) is 1.71. The number of fused-ring (bicyclic) bond motifs is 1. The molecule has 1 aromatic carbocycles. The second kappa shape index (κ2) is 3.47. The van der Waals surface area contributed by atoms with Crippen LogP contribution in [-0.4, -0.2) is 6.61 Å². The van der Waals surface area contributed by atoms with Crippen LogP contribution in [0.25, 0.3) is 0 Å². The maximum absolute atomic E-state index is 13.7. The maximum atomic E-state index is 13.7. The van der Waals surface area contributed by atoms with Crippen molar-refractivity contribution >= 4 is 0 Å². The highest BCUT2D eigenvalue weighted by Crippen LogP contribution is 2.38. The first kappa shape index (κ1) is 10.4. The van der Waals surface area contributed by atoms with Crippen molar-refractivity contribution in [1.82, 2.24) is 0 Å². The molecule has 1 nitrogen and oxygen atoms in total. The molecule has 0 spiro atoms. The molecule has 2 rings (SSSR count). The number of hydrogen-bond donors (Lipinski definition) is 0. The van der Waals surface area contributed by atoms with E-state index in [2.05, 4.69) is 0 Å². The first-order valence-corrected chi connectivity index (χ1v) is 5.16. The van der Waals surface area contributed by atoms with Gasteiger partial charge in [-0.2, -0.15) is 0 Å². The van der Waals surface area contributed by atoms with Crippen LogP contribution in [0.3, 0.4) is 0 Å². The molecule has 0 radical (unpaired) electrons. The van der Waals surface area contributed by atoms with Crippen molar-refractivity contribution in [3.8, 4) is 5.75 Å². The zero-order chi connectivity index (χ0) is 11.1. The largest absolute Gasteiger partial charge is 0.493 e. The summed E-state index contributed by atoms with van der Waals surface area (Å²) in [5.41, 5.74) is 0.995. The summed E-state index contributed by atoms with van der Waals surface area (Å²) in [4.78, 5) is 0. The SMILES string of the molecule is CC(C)C(F)(F)c1ccc2c(c1)CCO2. The average molecular weight is 212 g/mol. The standard InChI is InChI=1S/C12H14F2O/c1-8(2)12(13,14)10-3-4-11-9(7-10)5-6-15-11/h3-4,7-8H,5-6H2,1-2H3. The Labute approximate surface area is 88.1 Å². The van der Waals surface area contributed by atoms with Crippen LogP contribution < -0.4 is 4.74 Å². The number of alkyl halides is 2. The molecule has 1 heterocycles. The lowest BCUT2D eigenvalue weighted by molar-refractivity contribution is -0.0514. The Morgan fingerprint density at radius 2 is 2.07 bits per heavy atom. The molecule has 1 aliphatic heterocycles. The van der Waals surface area contributed by atoms with E-state index in [-0.39, 0.29) is 5.56 Å². The molecule has 0 saturated carbocycles. The third-order valence-corrected chi connectivity index (χ3v) is 2.80. The summed E-state index contributed by atoms with van der Waals surface area (Å²) in [7, 11) is 0. The Morgan fingerprint density at radius 1 is 1.33 bits per heavy atom. The van der Waals surface area contributed by atoms with Crippen molar-refractivity contribution in [2.24, 2.45) is 5.92 Å². The molecular formula is C12H14F2O. The van der Waals surface area contributed by atoms with Gasteiger partial charge in [0.15, 0.2) is 0 Å². The summed E-state index contributed by atoms with van der Waals surface area (Å²) in [6, 6.07) is 4.68. The zero-order valence-corrected chi connectivity index (χ0v) is 8.89. The summed E-state index contributed by atoms with van der Waals surface area (Å²) in [5.74, 6) is -2.69. The van der Waals surface area contributed by atoms with Gasteiger partial charge in [0.1, 0.15) is 5.75 Å². The van der Waals surface area contributed by atoms with Crippen LogP contribution in [0, 0.1) is 5.92 Å². The normalized spacial score (nSPS) is 15.3. The molecule has 0 atom stereocenters. The molecular weight excluding hydrogens is 198 g/mol. The second-order valence-electron chi connectivity index (χ2n) is 4.20. The molecule has 0 bridgehead atoms. The second-order valence-corrected chi connectivity index (χ2v) is 4.20. The molecule has 1 aromatic rings. The topological polar surface area (TPSA) is 9.23 Å². The number of rotatable bonds is 2.